The molecule has 2 aliphatic rings. The average Bonchev–Trinajstić information content (AvgIpc) is 3.41. The minimum Gasteiger partial charge on any atom is -0.390 e. The molecule has 0 bridgehead atoms. The highest BCUT2D eigenvalue weighted by Gasteiger charge is 2.27. The second-order valence-electron chi connectivity index (χ2n) is 11.6. The zero-order valence-electron chi connectivity index (χ0n) is 24.8. The summed E-state index contributed by atoms with van der Waals surface area (Å²) >= 11 is 0. The number of carbonyl (C=O) groups is 3. The molecule has 2 fully saturated rings. The van der Waals surface area contributed by atoms with Crippen molar-refractivity contribution >= 4 is 39.1 Å². The molecule has 1 heterocycles. The predicted octanol–water partition coefficient (Wildman–Crippen LogP) is 2.31. The first-order chi connectivity index (χ1) is 20.5. The molecule has 43 heavy (non-hydrogen) atoms. The van der Waals surface area contributed by atoms with Gasteiger partial charge in [0.15, 0.2) is 0 Å². The number of benzene rings is 2. The molecule has 4 rings (SSSR count). The van der Waals surface area contributed by atoms with Crippen LogP contribution in [0, 0.1) is 0 Å². The zero-order chi connectivity index (χ0) is 31.0. The maximum absolute atomic E-state index is 13.6. The van der Waals surface area contributed by atoms with Crippen molar-refractivity contribution in [2.75, 3.05) is 29.0 Å². The summed E-state index contributed by atoms with van der Waals surface area (Å²) < 4.78 is 26.3. The van der Waals surface area contributed by atoms with Crippen molar-refractivity contribution in [2.24, 2.45) is 0 Å². The van der Waals surface area contributed by atoms with Gasteiger partial charge in [-0.15, -0.1) is 0 Å². The number of hydrogen-bond donors (Lipinski definition) is 5. The van der Waals surface area contributed by atoms with E-state index in [2.05, 4.69) is 20.7 Å². The molecule has 234 valence electrons. The van der Waals surface area contributed by atoms with Gasteiger partial charge >= 0.3 is 0 Å². The van der Waals surface area contributed by atoms with Crippen molar-refractivity contribution in [1.29, 1.82) is 0 Å². The Morgan fingerprint density at radius 3 is 2.42 bits per heavy atom. The smallest absolute Gasteiger partial charge is 0.251 e. The van der Waals surface area contributed by atoms with Gasteiger partial charge in [-0.25, -0.2) is 8.42 Å². The van der Waals surface area contributed by atoms with Gasteiger partial charge in [-0.1, -0.05) is 49.6 Å². The first-order valence-corrected chi connectivity index (χ1v) is 16.9. The number of aliphatic hydroxyl groups excluding tert-OH is 1. The van der Waals surface area contributed by atoms with Gasteiger partial charge in [-0.2, -0.15) is 0 Å². The SMILES string of the molecule is C[C@H](NC[C@H](O)[C@H](Cc1ccccc1)NC(=O)c1cc(NS(C)(=O)=O)cc(N2CCCC2=O)c1)C(=O)NC1CCCCC1. The van der Waals surface area contributed by atoms with Crippen LogP contribution < -0.4 is 25.6 Å². The first kappa shape index (κ1) is 32.4. The Morgan fingerprint density at radius 1 is 1.05 bits per heavy atom. The number of hydrogen-bond acceptors (Lipinski definition) is 7. The van der Waals surface area contributed by atoms with E-state index in [1.165, 1.54) is 23.5 Å². The van der Waals surface area contributed by atoms with Gasteiger partial charge in [0.05, 0.1) is 30.1 Å². The first-order valence-electron chi connectivity index (χ1n) is 15.0. The third-order valence-electron chi connectivity index (χ3n) is 7.93. The van der Waals surface area contributed by atoms with Crippen molar-refractivity contribution in [3.63, 3.8) is 0 Å². The Bertz CT molecular complexity index is 1380. The van der Waals surface area contributed by atoms with Gasteiger partial charge in [0.25, 0.3) is 5.91 Å². The van der Waals surface area contributed by atoms with E-state index in [1.807, 2.05) is 30.3 Å². The number of aliphatic hydroxyl groups is 1. The van der Waals surface area contributed by atoms with Crippen LogP contribution in [-0.2, 0) is 26.0 Å². The van der Waals surface area contributed by atoms with Gasteiger partial charge in [0.1, 0.15) is 0 Å². The fourth-order valence-electron chi connectivity index (χ4n) is 5.60. The monoisotopic (exact) mass is 613 g/mol. The van der Waals surface area contributed by atoms with Gasteiger partial charge in [-0.05, 0) is 56.4 Å². The van der Waals surface area contributed by atoms with E-state index in [1.54, 1.807) is 13.0 Å². The number of anilines is 2. The van der Waals surface area contributed by atoms with Crippen LogP contribution in [0.15, 0.2) is 48.5 Å². The Hall–Kier alpha value is -3.48. The molecule has 1 aliphatic heterocycles. The lowest BCUT2D eigenvalue weighted by molar-refractivity contribution is -0.123. The van der Waals surface area contributed by atoms with Crippen LogP contribution >= 0.6 is 0 Å². The molecular formula is C31H43N5O6S. The summed E-state index contributed by atoms with van der Waals surface area (Å²) in [7, 11) is -3.65. The molecule has 3 amide bonds. The molecule has 0 spiro atoms. The quantitative estimate of drug-likeness (QED) is 0.232. The van der Waals surface area contributed by atoms with Crippen LogP contribution in [-0.4, -0.2) is 74.8 Å². The van der Waals surface area contributed by atoms with Crippen molar-refractivity contribution in [1.82, 2.24) is 16.0 Å². The zero-order valence-corrected chi connectivity index (χ0v) is 25.7. The molecule has 3 atom stereocenters. The summed E-state index contributed by atoms with van der Waals surface area (Å²) in [6.45, 7) is 2.27. The average molecular weight is 614 g/mol. The maximum Gasteiger partial charge on any atom is 0.251 e. The molecule has 0 unspecified atom stereocenters. The molecule has 12 heteroatoms. The molecule has 1 aliphatic carbocycles. The van der Waals surface area contributed by atoms with E-state index in [4.69, 9.17) is 0 Å². The van der Waals surface area contributed by atoms with E-state index in [0.29, 0.717) is 31.5 Å². The molecule has 2 aromatic rings. The number of nitrogens with zero attached hydrogens (tertiary/aromatic N) is 1. The Kier molecular flexibility index (Phi) is 11.2. The molecule has 11 nitrogen and oxygen atoms in total. The lowest BCUT2D eigenvalue weighted by Crippen LogP contribution is -2.53. The summed E-state index contributed by atoms with van der Waals surface area (Å²) in [5.41, 5.74) is 1.61. The highest BCUT2D eigenvalue weighted by atomic mass is 32.2. The summed E-state index contributed by atoms with van der Waals surface area (Å²) in [6, 6.07) is 12.8. The largest absolute Gasteiger partial charge is 0.390 e. The number of carbonyl (C=O) groups excluding carboxylic acids is 3. The van der Waals surface area contributed by atoms with Crippen molar-refractivity contribution in [3.05, 3.63) is 59.7 Å². The Balaban J connectivity index is 1.49. The summed E-state index contributed by atoms with van der Waals surface area (Å²) in [5, 5.41) is 20.3. The predicted molar refractivity (Wildman–Crippen MR) is 166 cm³/mol. The van der Waals surface area contributed by atoms with Crippen LogP contribution in [0.3, 0.4) is 0 Å². The Labute approximate surface area is 253 Å². The lowest BCUT2D eigenvalue weighted by atomic mass is 9.95. The van der Waals surface area contributed by atoms with Gasteiger partial charge in [-0.3, -0.25) is 19.1 Å². The number of sulfonamides is 1. The van der Waals surface area contributed by atoms with Gasteiger partial charge in [0.2, 0.25) is 21.8 Å². The molecule has 5 N–H and O–H groups in total. The van der Waals surface area contributed by atoms with Crippen molar-refractivity contribution < 1.29 is 27.9 Å². The topological polar surface area (TPSA) is 157 Å². The summed E-state index contributed by atoms with van der Waals surface area (Å²) in [4.78, 5) is 40.3. The molecule has 0 radical (unpaired) electrons. The van der Waals surface area contributed by atoms with E-state index in [9.17, 15) is 27.9 Å². The lowest BCUT2D eigenvalue weighted by Gasteiger charge is -2.28. The summed E-state index contributed by atoms with van der Waals surface area (Å²) in [6.07, 6.45) is 6.67. The van der Waals surface area contributed by atoms with Gasteiger partial charge < -0.3 is 26.0 Å². The van der Waals surface area contributed by atoms with Crippen LogP contribution in [0.1, 0.15) is 67.8 Å². The molecule has 2 aromatic carbocycles. The van der Waals surface area contributed by atoms with Crippen molar-refractivity contribution in [2.45, 2.75) is 82.5 Å². The van der Waals surface area contributed by atoms with E-state index >= 15 is 0 Å². The number of amides is 3. The molecule has 1 saturated carbocycles. The standard InChI is InChI=1S/C31H43N5O6S/c1-21(30(39)33-24-12-7-4-8-13-24)32-20-28(37)27(16-22-10-5-3-6-11-22)34-31(40)23-17-25(35-43(2,41)42)19-26(18-23)36-15-9-14-29(36)38/h3,5-6,10-11,17-19,21,24,27-28,32,35,37H,4,7-9,12-16,20H2,1-2H3,(H,33,39)(H,34,40)/t21-,27-,28-/m0/s1. The number of nitrogens with one attached hydrogen (secondary N) is 4. The molecule has 0 aromatic heterocycles. The van der Waals surface area contributed by atoms with Crippen molar-refractivity contribution in [3.8, 4) is 0 Å². The minimum atomic E-state index is -3.65. The Morgan fingerprint density at radius 2 is 1.77 bits per heavy atom. The fourth-order valence-corrected chi connectivity index (χ4v) is 6.15. The highest BCUT2D eigenvalue weighted by molar-refractivity contribution is 7.92. The molecular weight excluding hydrogens is 570 g/mol. The fraction of sp³-hybridized carbons (Fsp3) is 0.516. The summed E-state index contributed by atoms with van der Waals surface area (Å²) in [5.74, 6) is -0.761. The van der Waals surface area contributed by atoms with Crippen LogP contribution in [0.25, 0.3) is 0 Å². The van der Waals surface area contributed by atoms with Crippen LogP contribution in [0.4, 0.5) is 11.4 Å². The third-order valence-corrected chi connectivity index (χ3v) is 8.53. The normalized spacial score (nSPS) is 18.1. The maximum atomic E-state index is 13.6. The van der Waals surface area contributed by atoms with Crippen LogP contribution in [0.2, 0.25) is 0 Å². The highest BCUT2D eigenvalue weighted by Crippen LogP contribution is 2.27. The molecule has 1 saturated heterocycles. The number of rotatable bonds is 13. The van der Waals surface area contributed by atoms with Crippen LogP contribution in [0.5, 0.6) is 0 Å². The van der Waals surface area contributed by atoms with E-state index in [0.717, 1.165) is 37.5 Å². The second kappa shape index (κ2) is 14.8. The third kappa shape index (κ3) is 9.77. The minimum absolute atomic E-state index is 0.0558. The van der Waals surface area contributed by atoms with E-state index < -0.39 is 34.1 Å². The van der Waals surface area contributed by atoms with Gasteiger partial charge in [0, 0.05) is 36.8 Å². The second-order valence-corrected chi connectivity index (χ2v) is 13.4. The van der Waals surface area contributed by atoms with E-state index in [-0.39, 0.29) is 35.7 Å².